The number of hydrogen-bond acceptors (Lipinski definition) is 7. The third-order valence-corrected chi connectivity index (χ3v) is 5.33. The number of anilines is 2. The van der Waals surface area contributed by atoms with E-state index in [2.05, 4.69) is 27.0 Å². The highest BCUT2D eigenvalue weighted by Crippen LogP contribution is 2.30. The maximum absolute atomic E-state index is 12.3. The molecule has 4 rings (SSSR count). The van der Waals surface area contributed by atoms with Crippen LogP contribution in [0.5, 0.6) is 5.75 Å². The molecule has 0 radical (unpaired) electrons. The van der Waals surface area contributed by atoms with Crippen LogP contribution in [0.25, 0.3) is 0 Å². The molecule has 2 fully saturated rings. The van der Waals surface area contributed by atoms with Crippen molar-refractivity contribution < 1.29 is 14.3 Å². The SMILES string of the molecule is COc1ccc(CCCN2C(=O)O[C@@H]3CN(c4cc(C)nc(N)n4)C[C@@H]32)cc1. The van der Waals surface area contributed by atoms with Crippen molar-refractivity contribution in [3.8, 4) is 5.75 Å². The van der Waals surface area contributed by atoms with Gasteiger partial charge in [0.15, 0.2) is 0 Å². The second-order valence-electron chi connectivity index (χ2n) is 7.27. The number of fused-ring (bicyclic) bond motifs is 1. The van der Waals surface area contributed by atoms with Crippen molar-refractivity contribution in [3.63, 3.8) is 0 Å². The summed E-state index contributed by atoms with van der Waals surface area (Å²) >= 11 is 0. The van der Waals surface area contributed by atoms with E-state index < -0.39 is 0 Å². The van der Waals surface area contributed by atoms with Gasteiger partial charge in [-0.1, -0.05) is 12.1 Å². The molecule has 8 nitrogen and oxygen atoms in total. The molecule has 0 spiro atoms. The summed E-state index contributed by atoms with van der Waals surface area (Å²) < 4.78 is 10.8. The summed E-state index contributed by atoms with van der Waals surface area (Å²) in [4.78, 5) is 24.7. The Morgan fingerprint density at radius 2 is 2.04 bits per heavy atom. The summed E-state index contributed by atoms with van der Waals surface area (Å²) in [6.07, 6.45) is 1.42. The van der Waals surface area contributed by atoms with E-state index in [1.54, 1.807) is 7.11 Å². The van der Waals surface area contributed by atoms with Gasteiger partial charge in [0.05, 0.1) is 19.7 Å². The van der Waals surface area contributed by atoms with Crippen LogP contribution in [0.2, 0.25) is 0 Å². The lowest BCUT2D eigenvalue weighted by Crippen LogP contribution is -2.39. The predicted octanol–water partition coefficient (Wildman–Crippen LogP) is 2.02. The number of methoxy groups -OCH3 is 1. The molecular weight excluding hydrogens is 358 g/mol. The van der Waals surface area contributed by atoms with Crippen LogP contribution in [0, 0.1) is 6.92 Å². The minimum Gasteiger partial charge on any atom is -0.497 e. The van der Waals surface area contributed by atoms with E-state index in [1.807, 2.05) is 30.0 Å². The Morgan fingerprint density at radius 1 is 1.25 bits per heavy atom. The van der Waals surface area contributed by atoms with Gasteiger partial charge in [0, 0.05) is 24.8 Å². The van der Waals surface area contributed by atoms with Crippen LogP contribution in [-0.2, 0) is 11.2 Å². The lowest BCUT2D eigenvalue weighted by Gasteiger charge is -2.23. The summed E-state index contributed by atoms with van der Waals surface area (Å²) in [5, 5.41) is 0. The first-order valence-corrected chi connectivity index (χ1v) is 9.50. The molecule has 0 aliphatic carbocycles. The quantitative estimate of drug-likeness (QED) is 0.815. The lowest BCUT2D eigenvalue weighted by atomic mass is 10.1. The average molecular weight is 383 g/mol. The van der Waals surface area contributed by atoms with Crippen molar-refractivity contribution >= 4 is 17.9 Å². The molecule has 8 heteroatoms. The van der Waals surface area contributed by atoms with Gasteiger partial charge < -0.3 is 20.1 Å². The van der Waals surface area contributed by atoms with Gasteiger partial charge in [-0.15, -0.1) is 0 Å². The highest BCUT2D eigenvalue weighted by Gasteiger charge is 2.47. The van der Waals surface area contributed by atoms with Crippen LogP contribution in [0.15, 0.2) is 30.3 Å². The number of amides is 1. The summed E-state index contributed by atoms with van der Waals surface area (Å²) in [7, 11) is 1.66. The number of hydrogen-bond donors (Lipinski definition) is 1. The normalized spacial score (nSPS) is 21.0. The van der Waals surface area contributed by atoms with Gasteiger partial charge in [-0.2, -0.15) is 4.98 Å². The zero-order chi connectivity index (χ0) is 19.7. The molecule has 2 saturated heterocycles. The third kappa shape index (κ3) is 3.67. The van der Waals surface area contributed by atoms with Crippen molar-refractivity contribution in [2.75, 3.05) is 37.4 Å². The maximum atomic E-state index is 12.3. The van der Waals surface area contributed by atoms with Crippen molar-refractivity contribution in [2.45, 2.75) is 31.9 Å². The Balaban J connectivity index is 1.36. The second-order valence-corrected chi connectivity index (χ2v) is 7.27. The number of ether oxygens (including phenoxy) is 2. The molecule has 148 valence electrons. The number of aromatic nitrogens is 2. The fourth-order valence-corrected chi connectivity index (χ4v) is 3.93. The number of benzene rings is 1. The van der Waals surface area contributed by atoms with Crippen molar-refractivity contribution in [1.82, 2.24) is 14.9 Å². The Morgan fingerprint density at radius 3 is 2.75 bits per heavy atom. The average Bonchev–Trinajstić information content (AvgIpc) is 3.20. The van der Waals surface area contributed by atoms with E-state index in [-0.39, 0.29) is 24.2 Å². The molecule has 2 atom stereocenters. The van der Waals surface area contributed by atoms with Gasteiger partial charge in [-0.05, 0) is 37.5 Å². The topological polar surface area (TPSA) is 93.8 Å². The molecule has 2 aliphatic heterocycles. The smallest absolute Gasteiger partial charge is 0.410 e. The largest absolute Gasteiger partial charge is 0.497 e. The van der Waals surface area contributed by atoms with Gasteiger partial charge >= 0.3 is 6.09 Å². The Bertz CT molecular complexity index is 837. The Hall–Kier alpha value is -3.03. The van der Waals surface area contributed by atoms with Crippen LogP contribution >= 0.6 is 0 Å². The molecule has 28 heavy (non-hydrogen) atoms. The standard InChI is InChI=1S/C20H25N5O3/c1-13-10-18(23-19(21)22-13)24-11-16-17(12-24)28-20(26)25(16)9-3-4-14-5-7-15(27-2)8-6-14/h5-8,10,16-17H,3-4,9,11-12H2,1-2H3,(H2,21,22,23)/t16-,17+/m0/s1. The zero-order valence-corrected chi connectivity index (χ0v) is 16.2. The van der Waals surface area contributed by atoms with E-state index >= 15 is 0 Å². The molecule has 0 bridgehead atoms. The van der Waals surface area contributed by atoms with Crippen LogP contribution in [0.3, 0.4) is 0 Å². The monoisotopic (exact) mass is 383 g/mol. The van der Waals surface area contributed by atoms with Crippen molar-refractivity contribution in [1.29, 1.82) is 0 Å². The van der Waals surface area contributed by atoms with E-state index in [1.165, 1.54) is 5.56 Å². The Kier molecular flexibility index (Phi) is 4.93. The molecule has 1 amide bonds. The number of carbonyl (C=O) groups excluding carboxylic acids is 1. The van der Waals surface area contributed by atoms with Crippen LogP contribution in [-0.4, -0.2) is 59.9 Å². The summed E-state index contributed by atoms with van der Waals surface area (Å²) in [5.74, 6) is 1.90. The van der Waals surface area contributed by atoms with Crippen LogP contribution in [0.4, 0.5) is 16.6 Å². The third-order valence-electron chi connectivity index (χ3n) is 5.33. The van der Waals surface area contributed by atoms with Gasteiger partial charge in [0.2, 0.25) is 5.95 Å². The summed E-state index contributed by atoms with van der Waals surface area (Å²) in [6.45, 7) is 3.88. The number of carbonyl (C=O) groups is 1. The van der Waals surface area contributed by atoms with E-state index in [4.69, 9.17) is 15.2 Å². The molecule has 3 heterocycles. The molecule has 2 aromatic rings. The summed E-state index contributed by atoms with van der Waals surface area (Å²) in [6, 6.07) is 9.98. The maximum Gasteiger partial charge on any atom is 0.410 e. The number of nitrogen functional groups attached to an aromatic ring is 1. The number of rotatable bonds is 6. The molecule has 1 aromatic heterocycles. The molecule has 2 aliphatic rings. The van der Waals surface area contributed by atoms with Crippen LogP contribution < -0.4 is 15.4 Å². The van der Waals surface area contributed by atoms with Gasteiger partial charge in [-0.25, -0.2) is 9.78 Å². The molecular formula is C20H25N5O3. The number of nitrogens with two attached hydrogens (primary N) is 1. The fraction of sp³-hybridized carbons (Fsp3) is 0.450. The van der Waals surface area contributed by atoms with Crippen molar-refractivity contribution in [3.05, 3.63) is 41.6 Å². The first-order chi connectivity index (χ1) is 13.5. The Labute approximate surface area is 164 Å². The van der Waals surface area contributed by atoms with Crippen molar-refractivity contribution in [2.24, 2.45) is 0 Å². The molecule has 2 N–H and O–H groups in total. The van der Waals surface area contributed by atoms with Gasteiger partial charge in [0.25, 0.3) is 0 Å². The van der Waals surface area contributed by atoms with E-state index in [0.717, 1.165) is 30.1 Å². The molecule has 1 aromatic carbocycles. The zero-order valence-electron chi connectivity index (χ0n) is 16.2. The van der Waals surface area contributed by atoms with Crippen LogP contribution in [0.1, 0.15) is 17.7 Å². The lowest BCUT2D eigenvalue weighted by molar-refractivity contribution is 0.135. The van der Waals surface area contributed by atoms with Gasteiger partial charge in [-0.3, -0.25) is 4.90 Å². The molecule has 0 saturated carbocycles. The fourth-order valence-electron chi connectivity index (χ4n) is 3.93. The van der Waals surface area contributed by atoms with E-state index in [9.17, 15) is 4.79 Å². The minimum atomic E-state index is -0.220. The van der Waals surface area contributed by atoms with Gasteiger partial charge in [0.1, 0.15) is 17.7 Å². The number of nitrogens with zero attached hydrogens (tertiary/aromatic N) is 4. The minimum absolute atomic E-state index is 0.0415. The number of aryl methyl sites for hydroxylation is 2. The second kappa shape index (κ2) is 7.53. The summed E-state index contributed by atoms with van der Waals surface area (Å²) in [5.41, 5.74) is 7.83. The highest BCUT2D eigenvalue weighted by molar-refractivity contribution is 5.71. The van der Waals surface area contributed by atoms with E-state index in [0.29, 0.717) is 19.6 Å². The molecule has 0 unspecified atom stereocenters. The predicted molar refractivity (Wildman–Crippen MR) is 105 cm³/mol. The first-order valence-electron chi connectivity index (χ1n) is 9.50. The highest BCUT2D eigenvalue weighted by atomic mass is 16.6. The first kappa shape index (κ1) is 18.3.